The van der Waals surface area contributed by atoms with Crippen molar-refractivity contribution in [2.75, 3.05) is 38.1 Å². The second-order valence-electron chi connectivity index (χ2n) is 7.36. The van der Waals surface area contributed by atoms with E-state index in [2.05, 4.69) is 4.72 Å². The van der Waals surface area contributed by atoms with Gasteiger partial charge in [-0.25, -0.2) is 16.8 Å². The molecule has 0 saturated carbocycles. The highest BCUT2D eigenvalue weighted by Crippen LogP contribution is 2.27. The number of hydrogen-bond donors (Lipinski definition) is 1. The van der Waals surface area contributed by atoms with Crippen LogP contribution in [0, 0.1) is 6.92 Å². The number of benzene rings is 2. The minimum atomic E-state index is -3.89. The summed E-state index contributed by atoms with van der Waals surface area (Å²) in [5.41, 5.74) is 0.771. The SMILES string of the molecule is COCCOc1ccc(S(=O)(=O)Nc2ccc(C)c(S(=O)(=O)N3CCCCC3)c2)cc1. The number of nitrogens with one attached hydrogen (secondary N) is 1. The van der Waals surface area contributed by atoms with Gasteiger partial charge < -0.3 is 9.47 Å². The van der Waals surface area contributed by atoms with Gasteiger partial charge in [-0.05, 0) is 61.7 Å². The maximum Gasteiger partial charge on any atom is 0.261 e. The predicted octanol–water partition coefficient (Wildman–Crippen LogP) is 3.00. The molecule has 2 aromatic rings. The highest BCUT2D eigenvalue weighted by Gasteiger charge is 2.28. The van der Waals surface area contributed by atoms with Gasteiger partial charge in [0.1, 0.15) is 12.4 Å². The summed E-state index contributed by atoms with van der Waals surface area (Å²) in [6.45, 7) is 3.46. The van der Waals surface area contributed by atoms with Crippen molar-refractivity contribution in [1.82, 2.24) is 4.31 Å². The largest absolute Gasteiger partial charge is 0.491 e. The molecule has 0 atom stereocenters. The van der Waals surface area contributed by atoms with Gasteiger partial charge in [-0.3, -0.25) is 4.72 Å². The molecule has 1 N–H and O–H groups in total. The van der Waals surface area contributed by atoms with Crippen molar-refractivity contribution in [3.8, 4) is 5.75 Å². The maximum atomic E-state index is 13.1. The van der Waals surface area contributed by atoms with Crippen LogP contribution in [0.25, 0.3) is 0 Å². The van der Waals surface area contributed by atoms with Crippen molar-refractivity contribution in [1.29, 1.82) is 0 Å². The lowest BCUT2D eigenvalue weighted by molar-refractivity contribution is 0.146. The molecule has 31 heavy (non-hydrogen) atoms. The van der Waals surface area contributed by atoms with Crippen LogP contribution in [0.5, 0.6) is 5.75 Å². The second-order valence-corrected chi connectivity index (χ2v) is 11.0. The second kappa shape index (κ2) is 9.99. The fraction of sp³-hybridized carbons (Fsp3) is 0.429. The molecule has 1 fully saturated rings. The number of hydrogen-bond acceptors (Lipinski definition) is 6. The lowest BCUT2D eigenvalue weighted by Crippen LogP contribution is -2.36. The summed E-state index contributed by atoms with van der Waals surface area (Å²) in [6, 6.07) is 10.6. The minimum absolute atomic E-state index is 0.0487. The van der Waals surface area contributed by atoms with E-state index in [1.54, 1.807) is 38.3 Å². The molecule has 170 valence electrons. The Morgan fingerprint density at radius 2 is 1.61 bits per heavy atom. The van der Waals surface area contributed by atoms with Crippen molar-refractivity contribution >= 4 is 25.7 Å². The first-order valence-corrected chi connectivity index (χ1v) is 13.0. The molecule has 0 amide bonds. The number of anilines is 1. The molecule has 2 aromatic carbocycles. The van der Waals surface area contributed by atoms with E-state index in [-0.39, 0.29) is 15.5 Å². The fourth-order valence-electron chi connectivity index (χ4n) is 3.36. The summed E-state index contributed by atoms with van der Waals surface area (Å²) in [6.07, 6.45) is 2.67. The van der Waals surface area contributed by atoms with Crippen LogP contribution in [-0.4, -0.2) is 54.6 Å². The molecule has 10 heteroatoms. The van der Waals surface area contributed by atoms with Gasteiger partial charge in [0.05, 0.1) is 22.1 Å². The quantitative estimate of drug-likeness (QED) is 0.568. The molecule has 1 aliphatic rings. The number of ether oxygens (including phenoxy) is 2. The van der Waals surface area contributed by atoms with Gasteiger partial charge in [0.15, 0.2) is 0 Å². The third kappa shape index (κ3) is 5.76. The highest BCUT2D eigenvalue weighted by atomic mass is 32.2. The van der Waals surface area contributed by atoms with E-state index in [0.717, 1.165) is 19.3 Å². The van der Waals surface area contributed by atoms with Crippen LogP contribution in [-0.2, 0) is 24.8 Å². The van der Waals surface area contributed by atoms with Gasteiger partial charge in [-0.2, -0.15) is 4.31 Å². The molecular formula is C21H28N2O6S2. The summed E-state index contributed by atoms with van der Waals surface area (Å²) < 4.78 is 66.0. The van der Waals surface area contributed by atoms with Crippen LogP contribution >= 0.6 is 0 Å². The van der Waals surface area contributed by atoms with Crippen molar-refractivity contribution in [3.05, 3.63) is 48.0 Å². The Morgan fingerprint density at radius 3 is 2.26 bits per heavy atom. The molecule has 8 nitrogen and oxygen atoms in total. The first kappa shape index (κ1) is 23.5. The van der Waals surface area contributed by atoms with E-state index in [9.17, 15) is 16.8 Å². The molecule has 0 spiro atoms. The Labute approximate surface area is 184 Å². The molecule has 3 rings (SSSR count). The summed E-state index contributed by atoms with van der Waals surface area (Å²) in [5.74, 6) is 0.529. The monoisotopic (exact) mass is 468 g/mol. The van der Waals surface area contributed by atoms with Gasteiger partial charge in [0.25, 0.3) is 10.0 Å². The van der Waals surface area contributed by atoms with Crippen LogP contribution < -0.4 is 9.46 Å². The molecule has 0 unspecified atom stereocenters. The van der Waals surface area contributed by atoms with E-state index in [1.807, 2.05) is 0 Å². The number of sulfonamides is 2. The van der Waals surface area contributed by atoms with Crippen molar-refractivity contribution in [2.24, 2.45) is 0 Å². The normalized spacial score (nSPS) is 15.5. The van der Waals surface area contributed by atoms with E-state index >= 15 is 0 Å². The van der Waals surface area contributed by atoms with Crippen molar-refractivity contribution in [3.63, 3.8) is 0 Å². The smallest absolute Gasteiger partial charge is 0.261 e. The molecule has 0 radical (unpaired) electrons. The van der Waals surface area contributed by atoms with Gasteiger partial charge >= 0.3 is 0 Å². The molecule has 0 bridgehead atoms. The van der Waals surface area contributed by atoms with Crippen LogP contribution in [0.4, 0.5) is 5.69 Å². The van der Waals surface area contributed by atoms with Gasteiger partial charge in [0, 0.05) is 20.2 Å². The van der Waals surface area contributed by atoms with Crippen molar-refractivity contribution < 1.29 is 26.3 Å². The lowest BCUT2D eigenvalue weighted by atomic mass is 10.2. The Kier molecular flexibility index (Phi) is 7.58. The van der Waals surface area contributed by atoms with E-state index < -0.39 is 20.0 Å². The summed E-state index contributed by atoms with van der Waals surface area (Å²) in [4.78, 5) is 0.170. The third-order valence-corrected chi connectivity index (χ3v) is 8.50. The van der Waals surface area contributed by atoms with Crippen LogP contribution in [0.15, 0.2) is 52.3 Å². The van der Waals surface area contributed by atoms with E-state index in [0.29, 0.717) is 37.6 Å². The number of piperidine rings is 1. The zero-order valence-electron chi connectivity index (χ0n) is 17.7. The lowest BCUT2D eigenvalue weighted by Gasteiger charge is -2.26. The highest BCUT2D eigenvalue weighted by molar-refractivity contribution is 7.92. The first-order chi connectivity index (χ1) is 14.7. The Balaban J connectivity index is 1.79. The number of methoxy groups -OCH3 is 1. The Bertz CT molecular complexity index is 1090. The van der Waals surface area contributed by atoms with Crippen LogP contribution in [0.1, 0.15) is 24.8 Å². The van der Waals surface area contributed by atoms with Crippen LogP contribution in [0.2, 0.25) is 0 Å². The third-order valence-electron chi connectivity index (χ3n) is 5.06. The van der Waals surface area contributed by atoms with Crippen LogP contribution in [0.3, 0.4) is 0 Å². The summed E-state index contributed by atoms with van der Waals surface area (Å²) in [5, 5.41) is 0. The van der Waals surface area contributed by atoms with Gasteiger partial charge in [-0.1, -0.05) is 12.5 Å². The molecule has 1 heterocycles. The summed E-state index contributed by atoms with van der Waals surface area (Å²) in [7, 11) is -6.01. The van der Waals surface area contributed by atoms with Crippen molar-refractivity contribution in [2.45, 2.75) is 36.0 Å². The van der Waals surface area contributed by atoms with Gasteiger partial charge in [-0.15, -0.1) is 0 Å². The number of nitrogens with zero attached hydrogens (tertiary/aromatic N) is 1. The molecule has 0 aromatic heterocycles. The minimum Gasteiger partial charge on any atom is -0.491 e. The maximum absolute atomic E-state index is 13.1. The Morgan fingerprint density at radius 1 is 0.935 bits per heavy atom. The topological polar surface area (TPSA) is 102 Å². The molecule has 1 aliphatic heterocycles. The average Bonchev–Trinajstić information content (AvgIpc) is 2.76. The predicted molar refractivity (Wildman–Crippen MR) is 118 cm³/mol. The number of rotatable bonds is 9. The van der Waals surface area contributed by atoms with Gasteiger partial charge in [0.2, 0.25) is 10.0 Å². The molecule has 0 aliphatic carbocycles. The standard InChI is InChI=1S/C21H28N2O6S2/c1-17-6-7-18(16-21(17)31(26,27)23-12-4-3-5-13-23)22-30(24,25)20-10-8-19(9-11-20)29-15-14-28-2/h6-11,16,22H,3-5,12-15H2,1-2H3. The number of aryl methyl sites for hydroxylation is 1. The molecule has 1 saturated heterocycles. The average molecular weight is 469 g/mol. The Hall–Kier alpha value is -2.14. The molecular weight excluding hydrogens is 440 g/mol. The van der Waals surface area contributed by atoms with E-state index in [1.165, 1.54) is 22.5 Å². The van der Waals surface area contributed by atoms with E-state index in [4.69, 9.17) is 9.47 Å². The zero-order valence-corrected chi connectivity index (χ0v) is 19.3. The summed E-state index contributed by atoms with van der Waals surface area (Å²) >= 11 is 0. The first-order valence-electron chi connectivity index (χ1n) is 10.1. The fourth-order valence-corrected chi connectivity index (χ4v) is 6.18. The zero-order chi connectivity index (χ0) is 22.5.